The molecule has 82 valence electrons. The second kappa shape index (κ2) is 5.11. The average molecular weight is 277 g/mol. The quantitative estimate of drug-likeness (QED) is 0.797. The monoisotopic (exact) mass is 276 g/mol. The first-order valence-electron chi connectivity index (χ1n) is 4.16. The fourth-order valence-corrected chi connectivity index (χ4v) is 1.71. The van der Waals surface area contributed by atoms with Gasteiger partial charge in [0.05, 0.1) is 18.7 Å². The minimum absolute atomic E-state index is 0.152. The summed E-state index contributed by atoms with van der Waals surface area (Å²) in [6.45, 7) is 0. The minimum Gasteiger partial charge on any atom is -0.495 e. The van der Waals surface area contributed by atoms with Crippen LogP contribution in [0.4, 0.5) is 4.39 Å². The summed E-state index contributed by atoms with van der Waals surface area (Å²) in [5.41, 5.74) is 0.152. The summed E-state index contributed by atoms with van der Waals surface area (Å²) < 4.78 is 23.5. The standard InChI is InChI=1S/C10H10BrFO3/c1-14-9-6(4-3-5-7(9)11)8(12)10(13)15-2/h3-5,8H,1-2H3. The van der Waals surface area contributed by atoms with Crippen LogP contribution < -0.4 is 4.74 Å². The van der Waals surface area contributed by atoms with Gasteiger partial charge in [-0.3, -0.25) is 0 Å². The lowest BCUT2D eigenvalue weighted by atomic mass is 10.1. The highest BCUT2D eigenvalue weighted by Crippen LogP contribution is 2.34. The van der Waals surface area contributed by atoms with Crippen molar-refractivity contribution in [2.45, 2.75) is 6.17 Å². The van der Waals surface area contributed by atoms with Crippen LogP contribution in [0.3, 0.4) is 0 Å². The van der Waals surface area contributed by atoms with E-state index in [9.17, 15) is 9.18 Å². The molecule has 1 aromatic rings. The van der Waals surface area contributed by atoms with Crippen LogP contribution >= 0.6 is 15.9 Å². The van der Waals surface area contributed by atoms with Crippen molar-refractivity contribution in [3.63, 3.8) is 0 Å². The predicted molar refractivity (Wildman–Crippen MR) is 56.6 cm³/mol. The third kappa shape index (κ3) is 2.47. The molecule has 0 radical (unpaired) electrons. The summed E-state index contributed by atoms with van der Waals surface area (Å²) in [6.07, 6.45) is -1.83. The molecule has 3 nitrogen and oxygen atoms in total. The Morgan fingerprint density at radius 2 is 2.13 bits per heavy atom. The number of benzene rings is 1. The Hall–Kier alpha value is -1.10. The van der Waals surface area contributed by atoms with E-state index in [1.807, 2.05) is 0 Å². The molecular formula is C10H10BrFO3. The molecule has 0 spiro atoms. The second-order valence-electron chi connectivity index (χ2n) is 2.75. The summed E-state index contributed by atoms with van der Waals surface area (Å²) in [5, 5.41) is 0. The number of ether oxygens (including phenoxy) is 2. The number of carbonyl (C=O) groups is 1. The van der Waals surface area contributed by atoms with Gasteiger partial charge in [0.2, 0.25) is 6.17 Å². The first-order chi connectivity index (χ1) is 7.11. The summed E-state index contributed by atoms with van der Waals surface area (Å²) >= 11 is 3.20. The molecule has 1 unspecified atom stereocenters. The van der Waals surface area contributed by atoms with Crippen LogP contribution in [-0.4, -0.2) is 20.2 Å². The van der Waals surface area contributed by atoms with E-state index in [0.717, 1.165) is 7.11 Å². The van der Waals surface area contributed by atoms with Gasteiger partial charge in [0.15, 0.2) is 0 Å². The molecule has 0 bridgehead atoms. The molecule has 0 aliphatic carbocycles. The Balaban J connectivity index is 3.13. The lowest BCUT2D eigenvalue weighted by Gasteiger charge is -2.12. The van der Waals surface area contributed by atoms with Crippen LogP contribution in [0.15, 0.2) is 22.7 Å². The van der Waals surface area contributed by atoms with E-state index in [1.54, 1.807) is 12.1 Å². The zero-order chi connectivity index (χ0) is 11.4. The molecule has 0 aromatic heterocycles. The maximum Gasteiger partial charge on any atom is 0.345 e. The van der Waals surface area contributed by atoms with Crippen LogP contribution in [0.5, 0.6) is 5.75 Å². The molecule has 0 heterocycles. The van der Waals surface area contributed by atoms with Gasteiger partial charge < -0.3 is 9.47 Å². The SMILES string of the molecule is COC(=O)C(F)c1cccc(Br)c1OC. The van der Waals surface area contributed by atoms with Gasteiger partial charge in [-0.2, -0.15) is 0 Å². The molecular weight excluding hydrogens is 267 g/mol. The van der Waals surface area contributed by atoms with Crippen molar-refractivity contribution >= 4 is 21.9 Å². The number of hydrogen-bond donors (Lipinski definition) is 0. The Kier molecular flexibility index (Phi) is 4.08. The maximum absolute atomic E-state index is 13.6. The molecule has 15 heavy (non-hydrogen) atoms. The Morgan fingerprint density at radius 1 is 1.47 bits per heavy atom. The van der Waals surface area contributed by atoms with E-state index in [4.69, 9.17) is 4.74 Å². The first kappa shape index (κ1) is 12.0. The van der Waals surface area contributed by atoms with Gasteiger partial charge in [0.1, 0.15) is 5.75 Å². The number of hydrogen-bond acceptors (Lipinski definition) is 3. The van der Waals surface area contributed by atoms with Crippen molar-refractivity contribution in [3.05, 3.63) is 28.2 Å². The van der Waals surface area contributed by atoms with Gasteiger partial charge in [-0.05, 0) is 22.0 Å². The molecule has 0 fully saturated rings. The number of para-hydroxylation sites is 1. The van der Waals surface area contributed by atoms with Crippen LogP contribution in [-0.2, 0) is 9.53 Å². The van der Waals surface area contributed by atoms with Crippen LogP contribution in [0, 0.1) is 0 Å². The number of halogens is 2. The highest BCUT2D eigenvalue weighted by atomic mass is 79.9. The van der Waals surface area contributed by atoms with E-state index in [2.05, 4.69) is 20.7 Å². The zero-order valence-electron chi connectivity index (χ0n) is 8.29. The fourth-order valence-electron chi connectivity index (χ4n) is 1.17. The van der Waals surface area contributed by atoms with E-state index in [0.29, 0.717) is 10.2 Å². The topological polar surface area (TPSA) is 35.5 Å². The molecule has 0 amide bonds. The molecule has 5 heteroatoms. The maximum atomic E-state index is 13.6. The Labute approximate surface area is 95.3 Å². The summed E-state index contributed by atoms with van der Waals surface area (Å²) in [7, 11) is 2.55. The molecule has 1 aromatic carbocycles. The van der Waals surface area contributed by atoms with Crippen molar-refractivity contribution < 1.29 is 18.7 Å². The second-order valence-corrected chi connectivity index (χ2v) is 3.60. The van der Waals surface area contributed by atoms with Gasteiger partial charge in [-0.1, -0.05) is 12.1 Å². The van der Waals surface area contributed by atoms with Crippen molar-refractivity contribution in [1.29, 1.82) is 0 Å². The number of alkyl halides is 1. The summed E-state index contributed by atoms with van der Waals surface area (Å²) in [6, 6.07) is 4.80. The van der Waals surface area contributed by atoms with E-state index < -0.39 is 12.1 Å². The van der Waals surface area contributed by atoms with Gasteiger partial charge >= 0.3 is 5.97 Å². The molecule has 0 aliphatic heterocycles. The zero-order valence-corrected chi connectivity index (χ0v) is 9.88. The lowest BCUT2D eigenvalue weighted by molar-refractivity contribution is -0.146. The van der Waals surface area contributed by atoms with Gasteiger partial charge in [-0.25, -0.2) is 9.18 Å². The Morgan fingerprint density at radius 3 is 2.67 bits per heavy atom. The number of methoxy groups -OCH3 is 2. The summed E-state index contributed by atoms with van der Waals surface area (Å²) in [4.78, 5) is 11.0. The third-order valence-corrected chi connectivity index (χ3v) is 2.51. The van der Waals surface area contributed by atoms with Gasteiger partial charge in [-0.15, -0.1) is 0 Å². The fraction of sp³-hybridized carbons (Fsp3) is 0.300. The van der Waals surface area contributed by atoms with Crippen LogP contribution in [0.1, 0.15) is 11.7 Å². The van der Waals surface area contributed by atoms with Crippen molar-refractivity contribution in [2.24, 2.45) is 0 Å². The molecule has 1 rings (SSSR count). The minimum atomic E-state index is -1.83. The van der Waals surface area contributed by atoms with E-state index in [-0.39, 0.29) is 5.56 Å². The van der Waals surface area contributed by atoms with Gasteiger partial charge in [0.25, 0.3) is 0 Å². The normalized spacial score (nSPS) is 12.0. The highest BCUT2D eigenvalue weighted by molar-refractivity contribution is 9.10. The highest BCUT2D eigenvalue weighted by Gasteiger charge is 2.24. The third-order valence-electron chi connectivity index (χ3n) is 1.88. The smallest absolute Gasteiger partial charge is 0.345 e. The first-order valence-corrected chi connectivity index (χ1v) is 4.95. The van der Waals surface area contributed by atoms with Crippen molar-refractivity contribution in [2.75, 3.05) is 14.2 Å². The summed E-state index contributed by atoms with van der Waals surface area (Å²) in [5.74, 6) is -0.637. The van der Waals surface area contributed by atoms with Crippen LogP contribution in [0.25, 0.3) is 0 Å². The molecule has 0 saturated carbocycles. The largest absolute Gasteiger partial charge is 0.495 e. The van der Waals surface area contributed by atoms with E-state index >= 15 is 0 Å². The molecule has 0 N–H and O–H groups in total. The number of esters is 1. The van der Waals surface area contributed by atoms with Gasteiger partial charge in [0, 0.05) is 5.56 Å². The van der Waals surface area contributed by atoms with E-state index in [1.165, 1.54) is 13.2 Å². The lowest BCUT2D eigenvalue weighted by Crippen LogP contribution is -2.10. The average Bonchev–Trinajstić information content (AvgIpc) is 2.26. The molecule has 0 saturated heterocycles. The Bertz CT molecular complexity index is 368. The van der Waals surface area contributed by atoms with Crippen molar-refractivity contribution in [3.8, 4) is 5.75 Å². The predicted octanol–water partition coefficient (Wildman–Crippen LogP) is 2.64. The molecule has 1 atom stereocenters. The molecule has 0 aliphatic rings. The van der Waals surface area contributed by atoms with Crippen molar-refractivity contribution in [1.82, 2.24) is 0 Å². The van der Waals surface area contributed by atoms with Crippen LogP contribution in [0.2, 0.25) is 0 Å². The number of rotatable bonds is 3. The number of carbonyl (C=O) groups excluding carboxylic acids is 1.